The minimum Gasteiger partial charge on any atom is -0.375 e. The highest BCUT2D eigenvalue weighted by Crippen LogP contribution is 2.22. The molecule has 28 heavy (non-hydrogen) atoms. The van der Waals surface area contributed by atoms with E-state index in [1.807, 2.05) is 35.5 Å². The lowest BCUT2D eigenvalue weighted by Crippen LogP contribution is -2.43. The van der Waals surface area contributed by atoms with Crippen LogP contribution in [0.15, 0.2) is 48.9 Å². The number of carbonyl (C=O) groups excluding carboxylic acids is 1. The molecular weight excluding hydrogens is 352 g/mol. The topological polar surface area (TPSA) is 58.6 Å². The summed E-state index contributed by atoms with van der Waals surface area (Å²) in [4.78, 5) is 25.2. The van der Waals surface area contributed by atoms with E-state index in [0.29, 0.717) is 11.8 Å². The van der Waals surface area contributed by atoms with Crippen molar-refractivity contribution in [3.8, 4) is 0 Å². The minimum atomic E-state index is 0.0303. The van der Waals surface area contributed by atoms with Crippen molar-refractivity contribution in [2.45, 2.75) is 44.4 Å². The summed E-state index contributed by atoms with van der Waals surface area (Å²) < 4.78 is 6.37. The highest BCUT2D eigenvalue weighted by atomic mass is 16.5. The Balaban J connectivity index is 1.18. The van der Waals surface area contributed by atoms with Gasteiger partial charge in [-0.05, 0) is 49.4 Å². The van der Waals surface area contributed by atoms with Gasteiger partial charge in [-0.2, -0.15) is 0 Å². The number of carbonyl (C=O) groups is 1. The van der Waals surface area contributed by atoms with Crippen LogP contribution in [0.3, 0.4) is 0 Å². The third-order valence-corrected chi connectivity index (χ3v) is 5.66. The second kappa shape index (κ2) is 9.26. The molecule has 0 bridgehead atoms. The fourth-order valence-corrected chi connectivity index (χ4v) is 4.07. The average Bonchev–Trinajstić information content (AvgIpc) is 2.76. The quantitative estimate of drug-likeness (QED) is 0.798. The van der Waals surface area contributed by atoms with Crippen LogP contribution in [0.2, 0.25) is 0 Å². The molecule has 0 radical (unpaired) electrons. The first-order chi connectivity index (χ1) is 13.8. The number of aromatic nitrogens is 2. The van der Waals surface area contributed by atoms with Gasteiger partial charge in [0.05, 0.1) is 12.2 Å². The van der Waals surface area contributed by atoms with Crippen molar-refractivity contribution < 1.29 is 9.53 Å². The summed E-state index contributed by atoms with van der Waals surface area (Å²) in [7, 11) is 0. The predicted octanol–water partition coefficient (Wildman–Crippen LogP) is 2.76. The summed E-state index contributed by atoms with van der Waals surface area (Å²) in [6.45, 7) is 4.60. The van der Waals surface area contributed by atoms with E-state index < -0.39 is 0 Å². The monoisotopic (exact) mass is 380 g/mol. The molecule has 2 fully saturated rings. The van der Waals surface area contributed by atoms with Crippen LogP contribution in [0.5, 0.6) is 0 Å². The molecule has 0 aromatic carbocycles. The smallest absolute Gasteiger partial charge is 0.272 e. The molecule has 0 unspecified atom stereocenters. The molecule has 148 valence electrons. The molecule has 0 aliphatic carbocycles. The van der Waals surface area contributed by atoms with Gasteiger partial charge in [-0.15, -0.1) is 0 Å². The number of hydrogen-bond donors (Lipinski definition) is 0. The van der Waals surface area contributed by atoms with Crippen molar-refractivity contribution in [1.29, 1.82) is 0 Å². The van der Waals surface area contributed by atoms with Gasteiger partial charge in [-0.3, -0.25) is 19.7 Å². The van der Waals surface area contributed by atoms with E-state index in [0.717, 1.165) is 58.4 Å². The van der Waals surface area contributed by atoms with E-state index in [9.17, 15) is 4.79 Å². The molecule has 2 aliphatic rings. The van der Waals surface area contributed by atoms with Crippen molar-refractivity contribution in [2.24, 2.45) is 0 Å². The molecule has 0 saturated carbocycles. The summed E-state index contributed by atoms with van der Waals surface area (Å²) in [5.74, 6) is 0.0303. The van der Waals surface area contributed by atoms with Gasteiger partial charge in [0, 0.05) is 51.3 Å². The number of nitrogens with zero attached hydrogens (tertiary/aromatic N) is 4. The number of hydrogen-bond acceptors (Lipinski definition) is 5. The molecule has 4 heterocycles. The maximum absolute atomic E-state index is 12.5. The number of ether oxygens (including phenoxy) is 1. The Morgan fingerprint density at radius 3 is 2.36 bits per heavy atom. The Labute approximate surface area is 166 Å². The predicted molar refractivity (Wildman–Crippen MR) is 107 cm³/mol. The first-order valence-electron chi connectivity index (χ1n) is 10.2. The molecule has 2 aromatic heterocycles. The standard InChI is InChI=1S/C22H28N4O2/c27-22(21-5-1-2-11-24-21)26-14-8-20(9-15-26)28-19-6-12-25(13-7-19)17-18-4-3-10-23-16-18/h1-5,10-11,16,19-20H,6-9,12-15,17H2. The molecule has 2 aromatic rings. The fourth-order valence-electron chi connectivity index (χ4n) is 4.07. The van der Waals surface area contributed by atoms with E-state index >= 15 is 0 Å². The lowest BCUT2D eigenvalue weighted by atomic mass is 10.0. The molecule has 0 atom stereocenters. The van der Waals surface area contributed by atoms with Gasteiger partial charge in [0.2, 0.25) is 0 Å². The zero-order valence-corrected chi connectivity index (χ0v) is 16.2. The van der Waals surface area contributed by atoms with Crippen LogP contribution in [0.1, 0.15) is 41.7 Å². The summed E-state index contributed by atoms with van der Waals surface area (Å²) >= 11 is 0. The highest BCUT2D eigenvalue weighted by molar-refractivity contribution is 5.92. The van der Waals surface area contributed by atoms with Crippen LogP contribution >= 0.6 is 0 Å². The molecular formula is C22H28N4O2. The van der Waals surface area contributed by atoms with Gasteiger partial charge in [0.25, 0.3) is 5.91 Å². The zero-order chi connectivity index (χ0) is 19.2. The Morgan fingerprint density at radius 1 is 0.964 bits per heavy atom. The van der Waals surface area contributed by atoms with Crippen molar-refractivity contribution in [3.05, 3.63) is 60.2 Å². The molecule has 0 N–H and O–H groups in total. The van der Waals surface area contributed by atoms with Crippen LogP contribution < -0.4 is 0 Å². The Hall–Kier alpha value is -2.31. The third kappa shape index (κ3) is 4.94. The Bertz CT molecular complexity index is 740. The van der Waals surface area contributed by atoms with Crippen LogP contribution in [0.4, 0.5) is 0 Å². The zero-order valence-electron chi connectivity index (χ0n) is 16.2. The van der Waals surface area contributed by atoms with E-state index in [1.165, 1.54) is 5.56 Å². The van der Waals surface area contributed by atoms with Gasteiger partial charge >= 0.3 is 0 Å². The van der Waals surface area contributed by atoms with Crippen LogP contribution in [0, 0.1) is 0 Å². The van der Waals surface area contributed by atoms with Crippen LogP contribution in [-0.2, 0) is 11.3 Å². The summed E-state index contributed by atoms with van der Waals surface area (Å²) in [6, 6.07) is 9.60. The molecule has 6 heteroatoms. The van der Waals surface area contributed by atoms with Crippen LogP contribution in [-0.4, -0.2) is 64.1 Å². The normalized spacial score (nSPS) is 19.6. The Kier molecular flexibility index (Phi) is 6.29. The maximum Gasteiger partial charge on any atom is 0.272 e. The van der Waals surface area contributed by atoms with Crippen molar-refractivity contribution in [1.82, 2.24) is 19.8 Å². The molecule has 4 rings (SSSR count). The van der Waals surface area contributed by atoms with Crippen LogP contribution in [0.25, 0.3) is 0 Å². The summed E-state index contributed by atoms with van der Waals surface area (Å²) in [5, 5.41) is 0. The number of piperidine rings is 2. The summed E-state index contributed by atoms with van der Waals surface area (Å²) in [6.07, 6.45) is 10.0. The van der Waals surface area contributed by atoms with E-state index in [-0.39, 0.29) is 12.0 Å². The van der Waals surface area contributed by atoms with Gasteiger partial charge in [0.15, 0.2) is 0 Å². The molecule has 2 aliphatic heterocycles. The lowest BCUT2D eigenvalue weighted by Gasteiger charge is -2.37. The van der Waals surface area contributed by atoms with Gasteiger partial charge in [0.1, 0.15) is 5.69 Å². The number of pyridine rings is 2. The average molecular weight is 380 g/mol. The van der Waals surface area contributed by atoms with Crippen molar-refractivity contribution in [3.63, 3.8) is 0 Å². The molecule has 2 saturated heterocycles. The molecule has 6 nitrogen and oxygen atoms in total. The first kappa shape index (κ1) is 19.0. The largest absolute Gasteiger partial charge is 0.375 e. The van der Waals surface area contributed by atoms with Crippen molar-refractivity contribution >= 4 is 5.91 Å². The van der Waals surface area contributed by atoms with Gasteiger partial charge in [-0.1, -0.05) is 12.1 Å². The SMILES string of the molecule is O=C(c1ccccn1)N1CCC(OC2CCN(Cc3cccnc3)CC2)CC1. The first-order valence-corrected chi connectivity index (χ1v) is 10.2. The van der Waals surface area contributed by atoms with Crippen molar-refractivity contribution in [2.75, 3.05) is 26.2 Å². The fraction of sp³-hybridized carbons (Fsp3) is 0.500. The lowest BCUT2D eigenvalue weighted by molar-refractivity contribution is -0.0629. The molecule has 0 spiro atoms. The second-order valence-corrected chi connectivity index (χ2v) is 7.68. The second-order valence-electron chi connectivity index (χ2n) is 7.68. The number of likely N-dealkylation sites (tertiary alicyclic amines) is 2. The van der Waals surface area contributed by atoms with E-state index in [4.69, 9.17) is 4.74 Å². The van der Waals surface area contributed by atoms with E-state index in [1.54, 1.807) is 12.3 Å². The maximum atomic E-state index is 12.5. The molecule has 1 amide bonds. The van der Waals surface area contributed by atoms with Gasteiger partial charge in [-0.25, -0.2) is 0 Å². The van der Waals surface area contributed by atoms with E-state index in [2.05, 4.69) is 20.9 Å². The summed E-state index contributed by atoms with van der Waals surface area (Å²) in [5.41, 5.74) is 1.80. The highest BCUT2D eigenvalue weighted by Gasteiger charge is 2.28. The minimum absolute atomic E-state index is 0.0303. The number of amides is 1. The third-order valence-electron chi connectivity index (χ3n) is 5.66. The number of rotatable bonds is 5. The van der Waals surface area contributed by atoms with Gasteiger partial charge < -0.3 is 9.64 Å². The Morgan fingerprint density at radius 2 is 1.71 bits per heavy atom.